The molecule has 0 radical (unpaired) electrons. The number of sulfonamides is 1. The van der Waals surface area contributed by atoms with Crippen LogP contribution in [0.1, 0.15) is 17.7 Å². The van der Waals surface area contributed by atoms with Gasteiger partial charge >= 0.3 is 0 Å². The monoisotopic (exact) mass is 384 g/mol. The summed E-state index contributed by atoms with van der Waals surface area (Å²) < 4.78 is 37.9. The number of aromatic nitrogens is 2. The van der Waals surface area contributed by atoms with Crippen molar-refractivity contribution < 1.29 is 17.7 Å². The Labute approximate surface area is 156 Å². The Balaban J connectivity index is 1.45. The van der Waals surface area contributed by atoms with Crippen molar-refractivity contribution in [3.63, 3.8) is 0 Å². The minimum absolute atomic E-state index is 0.223. The fourth-order valence-corrected chi connectivity index (χ4v) is 4.58. The molecule has 4 rings (SSSR count). The van der Waals surface area contributed by atoms with Crippen LogP contribution in [0.2, 0.25) is 0 Å². The average molecular weight is 384 g/mol. The molecule has 1 unspecified atom stereocenters. The molecule has 27 heavy (non-hydrogen) atoms. The van der Waals surface area contributed by atoms with Crippen molar-refractivity contribution in [3.8, 4) is 11.9 Å². The fraction of sp³-hybridized carbons (Fsp3) is 0.278. The third-order valence-electron chi connectivity index (χ3n) is 4.42. The third kappa shape index (κ3) is 3.63. The van der Waals surface area contributed by atoms with Crippen LogP contribution in [-0.2, 0) is 15.8 Å². The minimum atomic E-state index is -3.55. The van der Waals surface area contributed by atoms with Crippen molar-refractivity contribution in [1.82, 2.24) is 14.4 Å². The van der Waals surface area contributed by atoms with E-state index >= 15 is 0 Å². The van der Waals surface area contributed by atoms with Crippen molar-refractivity contribution in [1.29, 1.82) is 5.26 Å². The largest absolute Gasteiger partial charge is 0.473 e. The molecule has 1 aliphatic rings. The Hall–Kier alpha value is -2.96. The highest BCUT2D eigenvalue weighted by molar-refractivity contribution is 7.88. The Morgan fingerprint density at radius 2 is 2.19 bits per heavy atom. The van der Waals surface area contributed by atoms with Gasteiger partial charge in [-0.25, -0.2) is 13.4 Å². The van der Waals surface area contributed by atoms with Crippen LogP contribution in [0.25, 0.3) is 11.0 Å². The standard InChI is InChI=1S/C18H16N4O4S/c19-10-13-5-7-20-18(9-13)25-14-6-8-22(11-14)27(23,24)12-16-15-3-1-2-4-17(15)26-21-16/h1-5,7,9,14H,6,8,11-12H2. The molecule has 1 atom stereocenters. The summed E-state index contributed by atoms with van der Waals surface area (Å²) in [6, 6.07) is 12.3. The first kappa shape index (κ1) is 17.5. The highest BCUT2D eigenvalue weighted by Gasteiger charge is 2.33. The van der Waals surface area contributed by atoms with Gasteiger partial charge in [0, 0.05) is 24.2 Å². The molecular weight excluding hydrogens is 368 g/mol. The molecule has 1 aromatic carbocycles. The maximum absolute atomic E-state index is 12.8. The molecule has 8 nitrogen and oxygen atoms in total. The summed E-state index contributed by atoms with van der Waals surface area (Å²) in [5.74, 6) is 0.0969. The second-order valence-electron chi connectivity index (χ2n) is 6.26. The molecule has 1 fully saturated rings. The van der Waals surface area contributed by atoms with E-state index < -0.39 is 10.0 Å². The molecule has 0 aliphatic carbocycles. The van der Waals surface area contributed by atoms with Gasteiger partial charge in [-0.15, -0.1) is 0 Å². The smallest absolute Gasteiger partial charge is 0.220 e. The molecule has 0 spiro atoms. The zero-order valence-electron chi connectivity index (χ0n) is 14.3. The first-order valence-corrected chi connectivity index (χ1v) is 10.00. The quantitative estimate of drug-likeness (QED) is 0.662. The summed E-state index contributed by atoms with van der Waals surface area (Å²) in [4.78, 5) is 4.07. The van der Waals surface area contributed by atoms with Crippen LogP contribution >= 0.6 is 0 Å². The number of ether oxygens (including phenoxy) is 1. The lowest BCUT2D eigenvalue weighted by Gasteiger charge is -2.16. The normalized spacial score (nSPS) is 17.8. The number of pyridine rings is 1. The number of rotatable bonds is 5. The van der Waals surface area contributed by atoms with E-state index in [4.69, 9.17) is 14.5 Å². The average Bonchev–Trinajstić information content (AvgIpc) is 3.30. The molecule has 138 valence electrons. The number of benzene rings is 1. The fourth-order valence-electron chi connectivity index (χ4n) is 3.07. The molecular formula is C18H16N4O4S. The Bertz CT molecular complexity index is 1120. The molecule has 1 aliphatic heterocycles. The highest BCUT2D eigenvalue weighted by atomic mass is 32.2. The van der Waals surface area contributed by atoms with Gasteiger partial charge in [0.25, 0.3) is 0 Å². The van der Waals surface area contributed by atoms with E-state index in [1.54, 1.807) is 24.3 Å². The molecule has 0 amide bonds. The van der Waals surface area contributed by atoms with Crippen LogP contribution in [0, 0.1) is 11.3 Å². The Kier molecular flexibility index (Phi) is 4.51. The first-order chi connectivity index (χ1) is 13.0. The van der Waals surface area contributed by atoms with Crippen molar-refractivity contribution in [2.75, 3.05) is 13.1 Å². The molecule has 9 heteroatoms. The lowest BCUT2D eigenvalue weighted by molar-refractivity contribution is 0.207. The maximum Gasteiger partial charge on any atom is 0.220 e. The minimum Gasteiger partial charge on any atom is -0.473 e. The van der Waals surface area contributed by atoms with E-state index in [0.29, 0.717) is 41.1 Å². The van der Waals surface area contributed by atoms with Gasteiger partial charge in [-0.1, -0.05) is 17.3 Å². The van der Waals surface area contributed by atoms with Gasteiger partial charge in [0.05, 0.1) is 18.2 Å². The van der Waals surface area contributed by atoms with E-state index in [9.17, 15) is 8.42 Å². The predicted octanol–water partition coefficient (Wildman–Crippen LogP) is 2.08. The van der Waals surface area contributed by atoms with E-state index in [-0.39, 0.29) is 18.4 Å². The number of hydrogen-bond donors (Lipinski definition) is 0. The van der Waals surface area contributed by atoms with Gasteiger partial charge in [0.1, 0.15) is 17.6 Å². The van der Waals surface area contributed by atoms with E-state index in [0.717, 1.165) is 0 Å². The van der Waals surface area contributed by atoms with Gasteiger partial charge in [-0.3, -0.25) is 0 Å². The van der Waals surface area contributed by atoms with Crippen LogP contribution in [0.4, 0.5) is 0 Å². The predicted molar refractivity (Wildman–Crippen MR) is 96.2 cm³/mol. The summed E-state index contributed by atoms with van der Waals surface area (Å²) in [6.45, 7) is 0.595. The molecule has 2 aromatic heterocycles. The summed E-state index contributed by atoms with van der Waals surface area (Å²) in [6.07, 6.45) is 1.74. The topological polar surface area (TPSA) is 109 Å². The number of fused-ring (bicyclic) bond motifs is 1. The molecule has 3 heterocycles. The second-order valence-corrected chi connectivity index (χ2v) is 8.23. The summed E-state index contributed by atoms with van der Waals surface area (Å²) in [5.41, 5.74) is 1.41. The molecule has 0 bridgehead atoms. The van der Waals surface area contributed by atoms with Gasteiger partial charge in [0.2, 0.25) is 15.9 Å². The SMILES string of the molecule is N#Cc1ccnc(OC2CCN(S(=O)(=O)Cc3noc4ccccc34)C2)c1. The maximum atomic E-state index is 12.8. The number of hydrogen-bond acceptors (Lipinski definition) is 7. The van der Waals surface area contributed by atoms with Gasteiger partial charge in [-0.05, 0) is 24.6 Å². The molecule has 0 N–H and O–H groups in total. The summed E-state index contributed by atoms with van der Waals surface area (Å²) in [7, 11) is -3.55. The lowest BCUT2D eigenvalue weighted by atomic mass is 10.2. The van der Waals surface area contributed by atoms with E-state index in [2.05, 4.69) is 10.1 Å². The van der Waals surface area contributed by atoms with Crippen LogP contribution in [0.5, 0.6) is 5.88 Å². The Morgan fingerprint density at radius 1 is 1.33 bits per heavy atom. The van der Waals surface area contributed by atoms with Crippen LogP contribution in [0.3, 0.4) is 0 Å². The van der Waals surface area contributed by atoms with Crippen molar-refractivity contribution >= 4 is 21.0 Å². The number of nitrogens with zero attached hydrogens (tertiary/aromatic N) is 4. The number of nitriles is 1. The van der Waals surface area contributed by atoms with Gasteiger partial charge in [-0.2, -0.15) is 9.57 Å². The second kappa shape index (κ2) is 6.98. The van der Waals surface area contributed by atoms with E-state index in [1.807, 2.05) is 18.2 Å². The van der Waals surface area contributed by atoms with Crippen LogP contribution in [-0.4, -0.2) is 42.1 Å². The van der Waals surface area contributed by atoms with Crippen LogP contribution < -0.4 is 4.74 Å². The van der Waals surface area contributed by atoms with Gasteiger partial charge in [0.15, 0.2) is 5.58 Å². The molecule has 1 saturated heterocycles. The van der Waals surface area contributed by atoms with E-state index in [1.165, 1.54) is 10.5 Å². The summed E-state index contributed by atoms with van der Waals surface area (Å²) >= 11 is 0. The van der Waals surface area contributed by atoms with Crippen molar-refractivity contribution in [2.24, 2.45) is 0 Å². The first-order valence-electron chi connectivity index (χ1n) is 8.39. The van der Waals surface area contributed by atoms with Gasteiger partial charge < -0.3 is 9.26 Å². The van der Waals surface area contributed by atoms with Crippen molar-refractivity contribution in [3.05, 3.63) is 53.9 Å². The van der Waals surface area contributed by atoms with Crippen LogP contribution in [0.15, 0.2) is 47.1 Å². The highest BCUT2D eigenvalue weighted by Crippen LogP contribution is 2.24. The van der Waals surface area contributed by atoms with Crippen molar-refractivity contribution in [2.45, 2.75) is 18.3 Å². The Morgan fingerprint density at radius 3 is 3.04 bits per heavy atom. The zero-order chi connectivity index (χ0) is 18.9. The molecule has 0 saturated carbocycles. The third-order valence-corrected chi connectivity index (χ3v) is 6.18. The molecule has 3 aromatic rings. The zero-order valence-corrected chi connectivity index (χ0v) is 15.1. The summed E-state index contributed by atoms with van der Waals surface area (Å²) in [5, 5.41) is 13.5. The number of para-hydroxylation sites is 1. The lowest BCUT2D eigenvalue weighted by Crippen LogP contribution is -2.32.